The van der Waals surface area contributed by atoms with Gasteiger partial charge in [0, 0.05) is 10.0 Å². The Morgan fingerprint density at radius 1 is 1.20 bits per heavy atom. The van der Waals surface area contributed by atoms with Crippen molar-refractivity contribution in [2.24, 2.45) is 0 Å². The molecule has 1 N–H and O–H groups in total. The Balaban J connectivity index is 2.17. The number of carboxylic acids is 1. The summed E-state index contributed by atoms with van der Waals surface area (Å²) < 4.78 is 39.8. The van der Waals surface area contributed by atoms with Crippen LogP contribution in [-0.2, 0) is 12.7 Å². The number of carboxylic acid groups (broad SMARTS) is 1. The lowest BCUT2D eigenvalue weighted by Crippen LogP contribution is -2.10. The van der Waals surface area contributed by atoms with Crippen LogP contribution in [0.4, 0.5) is 13.2 Å². The Kier molecular flexibility index (Phi) is 4.34. The van der Waals surface area contributed by atoms with Crippen molar-refractivity contribution < 1.29 is 23.1 Å². The summed E-state index contributed by atoms with van der Waals surface area (Å²) in [6.07, 6.45) is -4.66. The summed E-state index contributed by atoms with van der Waals surface area (Å²) in [5.41, 5.74) is -1.22. The predicted molar refractivity (Wildman–Crippen MR) is 85.1 cm³/mol. The molecule has 0 bridgehead atoms. The lowest BCUT2D eigenvalue weighted by Gasteiger charge is -2.08. The van der Waals surface area contributed by atoms with E-state index in [-0.39, 0.29) is 28.3 Å². The maximum Gasteiger partial charge on any atom is 0.433 e. The lowest BCUT2D eigenvalue weighted by molar-refractivity contribution is -0.141. The van der Waals surface area contributed by atoms with Gasteiger partial charge < -0.3 is 5.11 Å². The van der Waals surface area contributed by atoms with Crippen LogP contribution >= 0.6 is 23.2 Å². The molecule has 3 rings (SSSR count). The van der Waals surface area contributed by atoms with Gasteiger partial charge in [0.15, 0.2) is 11.3 Å². The highest BCUT2D eigenvalue weighted by molar-refractivity contribution is 6.35. The number of halogens is 5. The second-order valence-electron chi connectivity index (χ2n) is 5.11. The van der Waals surface area contributed by atoms with Gasteiger partial charge in [-0.3, -0.25) is 0 Å². The highest BCUT2D eigenvalue weighted by Crippen LogP contribution is 2.30. The summed E-state index contributed by atoms with van der Waals surface area (Å²) in [4.78, 5) is 14.8. The summed E-state index contributed by atoms with van der Waals surface area (Å²) in [5, 5.41) is 13.8. The molecule has 0 atom stereocenters. The van der Waals surface area contributed by atoms with E-state index in [0.717, 1.165) is 16.8 Å². The number of carbonyl (C=O) groups is 1. The Morgan fingerprint density at radius 2 is 1.92 bits per heavy atom. The maximum absolute atomic E-state index is 12.9. The molecule has 0 fully saturated rings. The first-order valence-corrected chi connectivity index (χ1v) is 7.54. The van der Waals surface area contributed by atoms with E-state index in [1.807, 2.05) is 0 Å². The van der Waals surface area contributed by atoms with Crippen LogP contribution in [0.2, 0.25) is 10.0 Å². The molecular weight excluding hydrogens is 382 g/mol. The highest BCUT2D eigenvalue weighted by Gasteiger charge is 2.33. The number of rotatable bonds is 3. The van der Waals surface area contributed by atoms with E-state index in [1.165, 1.54) is 6.07 Å². The number of hydrogen-bond donors (Lipinski definition) is 1. The fourth-order valence-electron chi connectivity index (χ4n) is 2.29. The van der Waals surface area contributed by atoms with Crippen LogP contribution in [0, 0.1) is 0 Å². The fourth-order valence-corrected chi connectivity index (χ4v) is 2.76. The Hall–Kier alpha value is -2.32. The lowest BCUT2D eigenvalue weighted by atomic mass is 10.2. The molecule has 3 aromatic rings. The van der Waals surface area contributed by atoms with Crippen LogP contribution in [0.25, 0.3) is 11.0 Å². The summed E-state index contributed by atoms with van der Waals surface area (Å²) in [5.74, 6) is -1.37. The fraction of sp³-hybridized carbons (Fsp3) is 0.133. The SMILES string of the molecule is O=C(O)c1nn(Cc2ccc(Cl)cc2Cl)c2nc(C(F)(F)F)ccc12. The summed E-state index contributed by atoms with van der Waals surface area (Å²) in [6, 6.07) is 6.36. The van der Waals surface area contributed by atoms with Crippen molar-refractivity contribution in [1.82, 2.24) is 14.8 Å². The van der Waals surface area contributed by atoms with E-state index in [1.54, 1.807) is 12.1 Å². The quantitative estimate of drug-likeness (QED) is 0.715. The normalized spacial score (nSPS) is 11.9. The molecule has 1 aromatic carbocycles. The molecule has 0 unspecified atom stereocenters. The third-order valence-electron chi connectivity index (χ3n) is 3.42. The second-order valence-corrected chi connectivity index (χ2v) is 5.96. The average molecular weight is 390 g/mol. The van der Waals surface area contributed by atoms with Gasteiger partial charge >= 0.3 is 12.1 Å². The number of pyridine rings is 1. The van der Waals surface area contributed by atoms with E-state index >= 15 is 0 Å². The van der Waals surface area contributed by atoms with E-state index in [0.29, 0.717) is 10.6 Å². The minimum atomic E-state index is -4.66. The van der Waals surface area contributed by atoms with Crippen molar-refractivity contribution >= 4 is 40.2 Å². The van der Waals surface area contributed by atoms with Crippen molar-refractivity contribution in [2.75, 3.05) is 0 Å². The second kappa shape index (κ2) is 6.20. The van der Waals surface area contributed by atoms with E-state index in [9.17, 15) is 23.1 Å². The highest BCUT2D eigenvalue weighted by atomic mass is 35.5. The van der Waals surface area contributed by atoms with E-state index in [2.05, 4.69) is 10.1 Å². The van der Waals surface area contributed by atoms with E-state index in [4.69, 9.17) is 23.2 Å². The van der Waals surface area contributed by atoms with Gasteiger partial charge in [0.05, 0.1) is 11.9 Å². The number of benzene rings is 1. The number of fused-ring (bicyclic) bond motifs is 1. The Bertz CT molecular complexity index is 986. The number of hydrogen-bond acceptors (Lipinski definition) is 3. The van der Waals surface area contributed by atoms with Crippen LogP contribution in [0.15, 0.2) is 30.3 Å². The van der Waals surface area contributed by atoms with Crippen LogP contribution < -0.4 is 0 Å². The molecule has 5 nitrogen and oxygen atoms in total. The van der Waals surface area contributed by atoms with Crippen molar-refractivity contribution in [3.63, 3.8) is 0 Å². The standard InChI is InChI=1S/C15H8Cl2F3N3O2/c16-8-2-1-7(10(17)5-8)6-23-13-9(12(22-23)14(24)25)3-4-11(21-13)15(18,19)20/h1-5H,6H2,(H,24,25). The zero-order valence-electron chi connectivity index (χ0n) is 12.2. The molecule has 0 saturated carbocycles. The average Bonchev–Trinajstić information content (AvgIpc) is 2.87. The maximum atomic E-state index is 12.9. The number of aromatic carboxylic acids is 1. The first-order chi connectivity index (χ1) is 11.7. The van der Waals surface area contributed by atoms with Crippen LogP contribution in [0.3, 0.4) is 0 Å². The zero-order valence-corrected chi connectivity index (χ0v) is 13.7. The molecule has 0 amide bonds. The Morgan fingerprint density at radius 3 is 2.52 bits per heavy atom. The molecule has 0 radical (unpaired) electrons. The summed E-state index contributed by atoms with van der Waals surface area (Å²) in [6.45, 7) is -0.0614. The molecule has 10 heteroatoms. The molecule has 0 spiro atoms. The molecule has 0 aliphatic carbocycles. The first kappa shape index (κ1) is 17.5. The predicted octanol–water partition coefficient (Wildman–Crippen LogP) is 4.50. The van der Waals surface area contributed by atoms with Gasteiger partial charge in [0.2, 0.25) is 0 Å². The summed E-state index contributed by atoms with van der Waals surface area (Å²) in [7, 11) is 0. The van der Waals surface area contributed by atoms with Crippen LogP contribution in [0.1, 0.15) is 21.7 Å². The molecule has 25 heavy (non-hydrogen) atoms. The first-order valence-electron chi connectivity index (χ1n) is 6.79. The monoisotopic (exact) mass is 389 g/mol. The van der Waals surface area contributed by atoms with Crippen molar-refractivity contribution in [3.05, 3.63) is 57.3 Å². The molecule has 0 aliphatic rings. The van der Waals surface area contributed by atoms with Gasteiger partial charge in [-0.25, -0.2) is 14.5 Å². The molecule has 2 aromatic heterocycles. The molecule has 0 saturated heterocycles. The number of alkyl halides is 3. The van der Waals surface area contributed by atoms with E-state index < -0.39 is 17.8 Å². The topological polar surface area (TPSA) is 68.0 Å². The van der Waals surface area contributed by atoms with Crippen molar-refractivity contribution in [3.8, 4) is 0 Å². The molecule has 0 aliphatic heterocycles. The summed E-state index contributed by atoms with van der Waals surface area (Å²) >= 11 is 11.9. The molecular formula is C15H8Cl2F3N3O2. The van der Waals surface area contributed by atoms with Gasteiger partial charge in [0.25, 0.3) is 0 Å². The minimum absolute atomic E-state index is 0.00517. The van der Waals surface area contributed by atoms with Crippen LogP contribution in [0.5, 0.6) is 0 Å². The third-order valence-corrected chi connectivity index (χ3v) is 4.01. The van der Waals surface area contributed by atoms with Crippen LogP contribution in [-0.4, -0.2) is 25.8 Å². The van der Waals surface area contributed by atoms with Crippen molar-refractivity contribution in [2.45, 2.75) is 12.7 Å². The number of aromatic nitrogens is 3. The third kappa shape index (κ3) is 3.40. The minimum Gasteiger partial charge on any atom is -0.476 e. The van der Waals surface area contributed by atoms with Gasteiger partial charge in [-0.05, 0) is 29.8 Å². The Labute approximate surface area is 148 Å². The molecule has 130 valence electrons. The number of nitrogens with zero attached hydrogens (tertiary/aromatic N) is 3. The van der Waals surface area contributed by atoms with Gasteiger partial charge in [-0.1, -0.05) is 29.3 Å². The zero-order chi connectivity index (χ0) is 18.4. The smallest absolute Gasteiger partial charge is 0.433 e. The van der Waals surface area contributed by atoms with Crippen molar-refractivity contribution in [1.29, 1.82) is 0 Å². The van der Waals surface area contributed by atoms with Gasteiger partial charge in [-0.2, -0.15) is 18.3 Å². The van der Waals surface area contributed by atoms with Gasteiger partial charge in [0.1, 0.15) is 5.69 Å². The van der Waals surface area contributed by atoms with Gasteiger partial charge in [-0.15, -0.1) is 0 Å². The molecule has 2 heterocycles. The largest absolute Gasteiger partial charge is 0.476 e.